The monoisotopic (exact) mass is 140 g/mol. The van der Waals surface area contributed by atoms with Crippen LogP contribution >= 0.6 is 0 Å². The maximum Gasteiger partial charge on any atom is 0.139 e. The first kappa shape index (κ1) is 7.28. The minimum Gasteiger partial charge on any atom is -0.360 e. The van der Waals surface area contributed by atoms with Crippen LogP contribution in [-0.4, -0.2) is 16.4 Å². The molecule has 1 aromatic heterocycles. The minimum atomic E-state index is 0.565. The van der Waals surface area contributed by atoms with Gasteiger partial charge in [-0.05, 0) is 19.9 Å². The number of aryl methyl sites for hydroxylation is 1. The second-order valence-corrected chi connectivity index (χ2v) is 2.09. The van der Waals surface area contributed by atoms with Gasteiger partial charge in [0.2, 0.25) is 0 Å². The van der Waals surface area contributed by atoms with Crippen molar-refractivity contribution in [1.29, 1.82) is 0 Å². The summed E-state index contributed by atoms with van der Waals surface area (Å²) in [6.45, 7) is 5.28. The van der Waals surface area contributed by atoms with E-state index in [0.717, 1.165) is 12.3 Å². The number of aromatic nitrogens is 2. The largest absolute Gasteiger partial charge is 0.360 e. The first-order valence-electron chi connectivity index (χ1n) is 3.40. The third-order valence-corrected chi connectivity index (χ3v) is 1.35. The van der Waals surface area contributed by atoms with Crippen LogP contribution in [0.4, 0.5) is 0 Å². The van der Waals surface area contributed by atoms with Crippen molar-refractivity contribution in [3.05, 3.63) is 18.0 Å². The number of hydrogen-bond acceptors (Lipinski definition) is 2. The Labute approximate surface area is 60.6 Å². The molecule has 0 aliphatic rings. The lowest BCUT2D eigenvalue weighted by atomic mass is 10.5. The number of nitrogens with zero attached hydrogens (tertiary/aromatic N) is 2. The van der Waals surface area contributed by atoms with E-state index in [4.69, 9.17) is 4.74 Å². The summed E-state index contributed by atoms with van der Waals surface area (Å²) in [6.07, 6.45) is 1.77. The molecule has 0 spiro atoms. The van der Waals surface area contributed by atoms with Gasteiger partial charge in [0.1, 0.15) is 6.73 Å². The molecule has 0 aromatic carbocycles. The Bertz CT molecular complexity index is 195. The van der Waals surface area contributed by atoms with E-state index in [-0.39, 0.29) is 0 Å². The summed E-state index contributed by atoms with van der Waals surface area (Å²) in [4.78, 5) is 0. The maximum atomic E-state index is 5.16. The number of hydrogen-bond donors (Lipinski definition) is 0. The fraction of sp³-hybridized carbons (Fsp3) is 0.571. The van der Waals surface area contributed by atoms with Crippen LogP contribution in [0.2, 0.25) is 0 Å². The Morgan fingerprint density at radius 1 is 1.70 bits per heavy atom. The van der Waals surface area contributed by atoms with E-state index in [1.54, 1.807) is 6.20 Å². The fourth-order valence-electron chi connectivity index (χ4n) is 0.712. The topological polar surface area (TPSA) is 27.1 Å². The Hall–Kier alpha value is -0.830. The summed E-state index contributed by atoms with van der Waals surface area (Å²) in [7, 11) is 0. The zero-order chi connectivity index (χ0) is 7.40. The molecule has 0 aliphatic carbocycles. The van der Waals surface area contributed by atoms with Crippen LogP contribution in [0.5, 0.6) is 0 Å². The summed E-state index contributed by atoms with van der Waals surface area (Å²) in [5, 5.41) is 4.04. The molecule has 0 N–H and O–H groups in total. The highest BCUT2D eigenvalue weighted by molar-refractivity contribution is 4.95. The van der Waals surface area contributed by atoms with Crippen LogP contribution in [0.3, 0.4) is 0 Å². The average Bonchev–Trinajstić information content (AvgIpc) is 2.31. The van der Waals surface area contributed by atoms with Crippen molar-refractivity contribution >= 4 is 0 Å². The predicted molar refractivity (Wildman–Crippen MR) is 38.6 cm³/mol. The highest BCUT2D eigenvalue weighted by Gasteiger charge is 1.93. The first-order chi connectivity index (χ1) is 4.84. The van der Waals surface area contributed by atoms with Crippen molar-refractivity contribution in [2.24, 2.45) is 0 Å². The predicted octanol–water partition coefficient (Wildman–Crippen LogP) is 1.19. The van der Waals surface area contributed by atoms with Gasteiger partial charge in [-0.25, -0.2) is 4.68 Å². The zero-order valence-corrected chi connectivity index (χ0v) is 6.37. The minimum absolute atomic E-state index is 0.565. The summed E-state index contributed by atoms with van der Waals surface area (Å²) < 4.78 is 6.98. The molecule has 0 atom stereocenters. The van der Waals surface area contributed by atoms with Crippen LogP contribution in [0.15, 0.2) is 12.3 Å². The zero-order valence-electron chi connectivity index (χ0n) is 6.37. The lowest BCUT2D eigenvalue weighted by Gasteiger charge is -2.02. The molecule has 1 rings (SSSR count). The Kier molecular flexibility index (Phi) is 2.45. The molecule has 1 aromatic rings. The van der Waals surface area contributed by atoms with Gasteiger partial charge in [-0.2, -0.15) is 5.10 Å². The molecular weight excluding hydrogens is 128 g/mol. The van der Waals surface area contributed by atoms with E-state index >= 15 is 0 Å². The van der Waals surface area contributed by atoms with Gasteiger partial charge in [-0.15, -0.1) is 0 Å². The van der Waals surface area contributed by atoms with Crippen LogP contribution < -0.4 is 0 Å². The Balaban J connectivity index is 2.49. The maximum absolute atomic E-state index is 5.16. The van der Waals surface area contributed by atoms with E-state index in [1.807, 2.05) is 24.6 Å². The van der Waals surface area contributed by atoms with Gasteiger partial charge in [0.25, 0.3) is 0 Å². The van der Waals surface area contributed by atoms with Gasteiger partial charge in [-0.1, -0.05) is 0 Å². The molecule has 0 aliphatic heterocycles. The van der Waals surface area contributed by atoms with Crippen molar-refractivity contribution < 1.29 is 4.74 Å². The van der Waals surface area contributed by atoms with E-state index in [2.05, 4.69) is 5.10 Å². The number of rotatable bonds is 3. The Morgan fingerprint density at radius 3 is 3.00 bits per heavy atom. The SMILES string of the molecule is CCOCn1nccc1C. The highest BCUT2D eigenvalue weighted by Crippen LogP contribution is 1.94. The lowest BCUT2D eigenvalue weighted by Crippen LogP contribution is -2.05. The molecule has 3 nitrogen and oxygen atoms in total. The summed E-state index contributed by atoms with van der Waals surface area (Å²) >= 11 is 0. The molecule has 0 saturated heterocycles. The molecule has 1 heterocycles. The Morgan fingerprint density at radius 2 is 2.50 bits per heavy atom. The van der Waals surface area contributed by atoms with Gasteiger partial charge in [-0.3, -0.25) is 0 Å². The average molecular weight is 140 g/mol. The van der Waals surface area contributed by atoms with Crippen LogP contribution in [0.1, 0.15) is 12.6 Å². The molecule has 0 unspecified atom stereocenters. The first-order valence-corrected chi connectivity index (χ1v) is 3.40. The molecule has 0 saturated carbocycles. The molecule has 10 heavy (non-hydrogen) atoms. The molecule has 3 heteroatoms. The van der Waals surface area contributed by atoms with E-state index in [1.165, 1.54) is 0 Å². The highest BCUT2D eigenvalue weighted by atomic mass is 16.5. The van der Waals surface area contributed by atoms with Gasteiger partial charge in [0, 0.05) is 18.5 Å². The van der Waals surface area contributed by atoms with Gasteiger partial charge in [0.05, 0.1) is 0 Å². The standard InChI is InChI=1S/C7H12N2O/c1-3-10-6-9-7(2)4-5-8-9/h4-5H,3,6H2,1-2H3. The van der Waals surface area contributed by atoms with Crippen molar-refractivity contribution in [2.45, 2.75) is 20.6 Å². The number of ether oxygens (including phenoxy) is 1. The van der Waals surface area contributed by atoms with Crippen LogP contribution in [0, 0.1) is 6.92 Å². The van der Waals surface area contributed by atoms with E-state index in [0.29, 0.717) is 6.73 Å². The van der Waals surface area contributed by atoms with Crippen LogP contribution in [0.25, 0.3) is 0 Å². The quantitative estimate of drug-likeness (QED) is 0.630. The summed E-state index contributed by atoms with van der Waals surface area (Å²) in [5.74, 6) is 0. The van der Waals surface area contributed by atoms with Crippen molar-refractivity contribution in [3.8, 4) is 0 Å². The normalized spacial score (nSPS) is 10.2. The van der Waals surface area contributed by atoms with E-state index in [9.17, 15) is 0 Å². The van der Waals surface area contributed by atoms with Crippen molar-refractivity contribution in [2.75, 3.05) is 6.61 Å². The smallest absolute Gasteiger partial charge is 0.139 e. The lowest BCUT2D eigenvalue weighted by molar-refractivity contribution is 0.0777. The third kappa shape index (κ3) is 1.57. The van der Waals surface area contributed by atoms with Crippen molar-refractivity contribution in [3.63, 3.8) is 0 Å². The van der Waals surface area contributed by atoms with E-state index < -0.39 is 0 Å². The summed E-state index contributed by atoms with van der Waals surface area (Å²) in [5.41, 5.74) is 1.13. The third-order valence-electron chi connectivity index (χ3n) is 1.35. The molecule has 0 radical (unpaired) electrons. The molecule has 56 valence electrons. The second kappa shape index (κ2) is 3.37. The molecule has 0 fully saturated rings. The van der Waals surface area contributed by atoms with Crippen LogP contribution in [-0.2, 0) is 11.5 Å². The van der Waals surface area contributed by atoms with Crippen molar-refractivity contribution in [1.82, 2.24) is 9.78 Å². The van der Waals surface area contributed by atoms with Gasteiger partial charge < -0.3 is 4.74 Å². The van der Waals surface area contributed by atoms with Gasteiger partial charge in [0.15, 0.2) is 0 Å². The fourth-order valence-corrected chi connectivity index (χ4v) is 0.712. The molecule has 0 amide bonds. The van der Waals surface area contributed by atoms with Gasteiger partial charge >= 0.3 is 0 Å². The summed E-state index contributed by atoms with van der Waals surface area (Å²) in [6, 6.07) is 1.96. The molecule has 0 bridgehead atoms. The second-order valence-electron chi connectivity index (χ2n) is 2.09. The molecular formula is C7H12N2O.